The van der Waals surface area contributed by atoms with E-state index in [4.69, 9.17) is 9.47 Å². The van der Waals surface area contributed by atoms with Gasteiger partial charge in [-0.25, -0.2) is 4.79 Å². The van der Waals surface area contributed by atoms with Crippen LogP contribution >= 0.6 is 0 Å². The van der Waals surface area contributed by atoms with E-state index < -0.39 is 13.7 Å². The summed E-state index contributed by atoms with van der Waals surface area (Å²) in [7, 11) is -1.90. The Hall–Kier alpha value is -2.15. The molecule has 4 atom stereocenters. The monoisotopic (exact) mass is 623 g/mol. The summed E-state index contributed by atoms with van der Waals surface area (Å²) in [4.78, 5) is 16.0. The highest BCUT2D eigenvalue weighted by Gasteiger charge is 2.48. The van der Waals surface area contributed by atoms with Crippen LogP contribution in [0.3, 0.4) is 0 Å². The first kappa shape index (κ1) is 36.3. The lowest BCUT2D eigenvalue weighted by Gasteiger charge is -2.36. The molecule has 5 nitrogen and oxygen atoms in total. The minimum atomic E-state index is -1.90. The second-order valence-corrected chi connectivity index (χ2v) is 20.3. The fourth-order valence-electron chi connectivity index (χ4n) is 6.95. The highest BCUT2D eigenvalue weighted by atomic mass is 28.3. The van der Waals surface area contributed by atoms with E-state index in [1.807, 2.05) is 25.7 Å². The molecule has 0 radical (unpaired) electrons. The van der Waals surface area contributed by atoms with Gasteiger partial charge in [0, 0.05) is 12.6 Å². The molecule has 44 heavy (non-hydrogen) atoms. The SMILES string of the molecule is CC(C)c1cc(C(C)C)c([C@H](C)O[C@@H]2C[C@@H](C[Si](C)(C)c3ccccc3)N(C(=O)OC(C)(C)C)[C@@H]2CCCO)c(C(C)C)c1. The van der Waals surface area contributed by atoms with E-state index >= 15 is 0 Å². The summed E-state index contributed by atoms with van der Waals surface area (Å²) >= 11 is 0. The molecule has 1 fully saturated rings. The van der Waals surface area contributed by atoms with Gasteiger partial charge in [0.1, 0.15) is 5.60 Å². The van der Waals surface area contributed by atoms with Gasteiger partial charge in [0.05, 0.1) is 26.3 Å². The summed E-state index contributed by atoms with van der Waals surface area (Å²) in [5.74, 6) is 1.18. The van der Waals surface area contributed by atoms with Crippen LogP contribution in [0, 0.1) is 0 Å². The Labute approximate surface area is 269 Å². The lowest BCUT2D eigenvalue weighted by Crippen LogP contribution is -2.51. The van der Waals surface area contributed by atoms with E-state index in [0.717, 1.165) is 12.5 Å². The third-order valence-electron chi connectivity index (χ3n) is 9.21. The number of hydrogen-bond donors (Lipinski definition) is 1. The van der Waals surface area contributed by atoms with Gasteiger partial charge < -0.3 is 14.6 Å². The molecule has 0 aromatic heterocycles. The van der Waals surface area contributed by atoms with E-state index in [1.165, 1.54) is 27.4 Å². The molecule has 1 saturated heterocycles. The van der Waals surface area contributed by atoms with Crippen molar-refractivity contribution in [1.82, 2.24) is 4.90 Å². The predicted octanol–water partition coefficient (Wildman–Crippen LogP) is 9.27. The van der Waals surface area contributed by atoms with Gasteiger partial charge in [0.2, 0.25) is 0 Å². The molecule has 1 aliphatic heterocycles. The highest BCUT2D eigenvalue weighted by Crippen LogP contribution is 2.41. The topological polar surface area (TPSA) is 59.0 Å². The van der Waals surface area contributed by atoms with Crippen LogP contribution in [0.4, 0.5) is 4.79 Å². The average molecular weight is 624 g/mol. The number of likely N-dealkylation sites (tertiary alicyclic amines) is 1. The molecule has 2 aromatic rings. The molecule has 6 heteroatoms. The predicted molar refractivity (Wildman–Crippen MR) is 187 cm³/mol. The van der Waals surface area contributed by atoms with E-state index in [1.54, 1.807) is 0 Å². The van der Waals surface area contributed by atoms with Gasteiger partial charge in [0.15, 0.2) is 0 Å². The van der Waals surface area contributed by atoms with Crippen LogP contribution in [-0.4, -0.2) is 54.6 Å². The van der Waals surface area contributed by atoms with Crippen LogP contribution < -0.4 is 5.19 Å². The molecule has 0 saturated carbocycles. The fraction of sp³-hybridized carbons (Fsp3) is 0.658. The maximum atomic E-state index is 14.0. The van der Waals surface area contributed by atoms with Crippen molar-refractivity contribution in [3.05, 3.63) is 64.7 Å². The number of nitrogens with zero attached hydrogens (tertiary/aromatic N) is 1. The Kier molecular flexibility index (Phi) is 12.3. The van der Waals surface area contributed by atoms with E-state index in [0.29, 0.717) is 30.6 Å². The summed E-state index contributed by atoms with van der Waals surface area (Å²) in [5.41, 5.74) is 4.79. The van der Waals surface area contributed by atoms with Crippen molar-refractivity contribution in [2.24, 2.45) is 0 Å². The Bertz CT molecular complexity index is 1190. The quantitative estimate of drug-likeness (QED) is 0.239. The van der Waals surface area contributed by atoms with Crippen molar-refractivity contribution in [3.63, 3.8) is 0 Å². The van der Waals surface area contributed by atoms with Gasteiger partial charge in [-0.2, -0.15) is 0 Å². The zero-order valence-corrected chi connectivity index (χ0v) is 30.7. The summed E-state index contributed by atoms with van der Waals surface area (Å²) in [5, 5.41) is 11.3. The Morgan fingerprint density at radius 1 is 0.955 bits per heavy atom. The smallest absolute Gasteiger partial charge is 0.410 e. The van der Waals surface area contributed by atoms with Gasteiger partial charge in [-0.3, -0.25) is 4.90 Å². The second-order valence-electron chi connectivity index (χ2n) is 15.6. The van der Waals surface area contributed by atoms with Gasteiger partial charge >= 0.3 is 6.09 Å². The van der Waals surface area contributed by atoms with Crippen LogP contribution in [0.1, 0.15) is 135 Å². The zero-order chi connectivity index (χ0) is 33.0. The second kappa shape index (κ2) is 15.0. The number of rotatable bonds is 12. The number of carbonyl (C=O) groups is 1. The number of aliphatic hydroxyl groups is 1. The molecule has 0 aliphatic carbocycles. The normalized spacial score (nSPS) is 20.2. The molecule has 1 aliphatic rings. The first-order valence-corrected chi connectivity index (χ1v) is 20.2. The average Bonchev–Trinajstić information content (AvgIpc) is 3.25. The summed E-state index contributed by atoms with van der Waals surface area (Å²) < 4.78 is 13.2. The molecule has 0 bridgehead atoms. The van der Waals surface area contributed by atoms with E-state index in [-0.39, 0.29) is 37.0 Å². The fourth-order valence-corrected chi connectivity index (χ4v) is 9.82. The van der Waals surface area contributed by atoms with Gasteiger partial charge in [0.25, 0.3) is 0 Å². The van der Waals surface area contributed by atoms with Crippen molar-refractivity contribution < 1.29 is 19.4 Å². The molecule has 3 rings (SSSR count). The Morgan fingerprint density at radius 2 is 1.52 bits per heavy atom. The van der Waals surface area contributed by atoms with Crippen LogP contribution in [0.5, 0.6) is 0 Å². The highest BCUT2D eigenvalue weighted by molar-refractivity contribution is 6.89. The van der Waals surface area contributed by atoms with Crippen molar-refractivity contribution in [1.29, 1.82) is 0 Å². The van der Waals surface area contributed by atoms with Crippen LogP contribution in [0.2, 0.25) is 19.1 Å². The van der Waals surface area contributed by atoms with Crippen LogP contribution in [0.25, 0.3) is 0 Å². The maximum absolute atomic E-state index is 14.0. The molecule has 1 amide bonds. The van der Waals surface area contributed by atoms with E-state index in [9.17, 15) is 9.90 Å². The number of hydrogen-bond acceptors (Lipinski definition) is 4. The largest absolute Gasteiger partial charge is 0.444 e. The standard InChI is InChI=1S/C38H61NO4Si/c1-25(2)29-21-32(26(3)4)36(33(22-29)27(5)6)28(7)42-35-23-30(24-44(11,12)31-17-14-13-15-18-31)39(34(35)19-16-20-40)37(41)43-38(8,9)10/h13-15,17-18,21-22,25-28,30,34-35,40H,16,19-20,23-24H2,1-12H3/t28-,30-,34+,35+/m0/s1. The third kappa shape index (κ3) is 8.98. The first-order chi connectivity index (χ1) is 20.5. The molecule has 1 N–H and O–H groups in total. The minimum absolute atomic E-state index is 0.00470. The molecule has 1 heterocycles. The molecule has 2 aromatic carbocycles. The zero-order valence-electron chi connectivity index (χ0n) is 29.7. The molecular weight excluding hydrogens is 563 g/mol. The van der Waals surface area contributed by atoms with Crippen molar-refractivity contribution in [3.8, 4) is 0 Å². The lowest BCUT2D eigenvalue weighted by atomic mass is 9.82. The number of carbonyl (C=O) groups excluding carboxylic acids is 1. The van der Waals surface area contributed by atoms with Crippen LogP contribution in [0.15, 0.2) is 42.5 Å². The van der Waals surface area contributed by atoms with E-state index in [2.05, 4.69) is 104 Å². The summed E-state index contributed by atoms with van der Waals surface area (Å²) in [6.07, 6.45) is 1.50. The van der Waals surface area contributed by atoms with Crippen molar-refractivity contribution >= 4 is 19.4 Å². The van der Waals surface area contributed by atoms with Crippen molar-refractivity contribution in [2.75, 3.05) is 6.61 Å². The first-order valence-electron chi connectivity index (χ1n) is 17.0. The number of aliphatic hydroxyl groups excluding tert-OH is 1. The van der Waals surface area contributed by atoms with Crippen molar-refractivity contribution in [2.45, 2.75) is 155 Å². The van der Waals surface area contributed by atoms with Crippen LogP contribution in [-0.2, 0) is 9.47 Å². The maximum Gasteiger partial charge on any atom is 0.410 e. The number of benzene rings is 2. The summed E-state index contributed by atoms with van der Waals surface area (Å²) in [6, 6.07) is 16.3. The number of ether oxygens (including phenoxy) is 2. The van der Waals surface area contributed by atoms with Gasteiger partial charge in [-0.05, 0) is 93.0 Å². The Morgan fingerprint density at radius 3 is 2.00 bits per heavy atom. The molecule has 0 spiro atoms. The third-order valence-corrected chi connectivity index (χ3v) is 12.6. The lowest BCUT2D eigenvalue weighted by molar-refractivity contribution is -0.0325. The molecule has 246 valence electrons. The molecular formula is C38H61NO4Si. The van der Waals surface area contributed by atoms with Gasteiger partial charge in [-0.1, -0.05) is 102 Å². The minimum Gasteiger partial charge on any atom is -0.444 e. The van der Waals surface area contributed by atoms with Gasteiger partial charge in [-0.15, -0.1) is 0 Å². The summed E-state index contributed by atoms with van der Waals surface area (Å²) in [6.45, 7) is 26.5. The Balaban J connectivity index is 2.06. The number of amides is 1. The molecule has 0 unspecified atom stereocenters.